The number of carbonyl (C=O) groups excluding carboxylic acids is 2. The minimum Gasteiger partial charge on any atom is -0.494 e. The predicted octanol–water partition coefficient (Wildman–Crippen LogP) is 5.57. The number of hydrogen-bond donors (Lipinski definition) is 1. The highest BCUT2D eigenvalue weighted by molar-refractivity contribution is 5.88. The lowest BCUT2D eigenvalue weighted by atomic mass is 10.0. The fraction of sp³-hybridized carbons (Fsp3) is 0.355. The maximum Gasteiger partial charge on any atom is 0.243 e. The van der Waals surface area contributed by atoms with Gasteiger partial charge in [0.25, 0.3) is 0 Å². The molecule has 0 radical (unpaired) electrons. The van der Waals surface area contributed by atoms with Crippen molar-refractivity contribution < 1.29 is 14.3 Å². The number of rotatable bonds is 13. The zero-order valence-corrected chi connectivity index (χ0v) is 21.7. The molecule has 0 aromatic heterocycles. The monoisotopic (exact) mass is 486 g/mol. The molecule has 3 aromatic rings. The first-order valence-electron chi connectivity index (χ1n) is 12.8. The lowest BCUT2D eigenvalue weighted by Gasteiger charge is -2.32. The number of hydrogen-bond acceptors (Lipinski definition) is 3. The summed E-state index contributed by atoms with van der Waals surface area (Å²) in [5.41, 5.74) is 3.17. The molecule has 0 aliphatic carbocycles. The van der Waals surface area contributed by atoms with E-state index in [1.807, 2.05) is 91.9 Å². The van der Waals surface area contributed by atoms with E-state index in [4.69, 9.17) is 4.74 Å². The number of ether oxygens (including phenoxy) is 1. The molecule has 0 aliphatic rings. The van der Waals surface area contributed by atoms with E-state index in [2.05, 4.69) is 19.2 Å². The van der Waals surface area contributed by atoms with Crippen LogP contribution in [0.25, 0.3) is 0 Å². The molecule has 2 amide bonds. The number of nitrogens with one attached hydrogen (secondary N) is 1. The van der Waals surface area contributed by atoms with Crippen LogP contribution in [0.4, 0.5) is 0 Å². The molecule has 3 rings (SSSR count). The third-order valence-corrected chi connectivity index (χ3v) is 6.10. The first-order chi connectivity index (χ1) is 17.4. The van der Waals surface area contributed by atoms with Gasteiger partial charge in [0.05, 0.1) is 6.61 Å². The molecular weight excluding hydrogens is 448 g/mol. The van der Waals surface area contributed by atoms with Crippen molar-refractivity contribution in [2.75, 3.05) is 13.2 Å². The van der Waals surface area contributed by atoms with E-state index >= 15 is 0 Å². The van der Waals surface area contributed by atoms with E-state index in [0.717, 1.165) is 22.4 Å². The Morgan fingerprint density at radius 3 is 2.19 bits per heavy atom. The fourth-order valence-corrected chi connectivity index (χ4v) is 4.02. The Bertz CT molecular complexity index is 1080. The zero-order valence-electron chi connectivity index (χ0n) is 21.7. The van der Waals surface area contributed by atoms with Crippen LogP contribution < -0.4 is 10.1 Å². The number of amides is 2. The van der Waals surface area contributed by atoms with Crippen molar-refractivity contribution in [3.05, 3.63) is 102 Å². The van der Waals surface area contributed by atoms with Crippen LogP contribution in [0.3, 0.4) is 0 Å². The van der Waals surface area contributed by atoms with Crippen LogP contribution in [0.1, 0.15) is 43.4 Å². The van der Waals surface area contributed by atoms with Gasteiger partial charge in [0.2, 0.25) is 11.8 Å². The van der Waals surface area contributed by atoms with Crippen LogP contribution in [0, 0.1) is 12.8 Å². The quantitative estimate of drug-likeness (QED) is 0.322. The van der Waals surface area contributed by atoms with Crippen molar-refractivity contribution in [2.24, 2.45) is 5.92 Å². The summed E-state index contributed by atoms with van der Waals surface area (Å²) >= 11 is 0. The Morgan fingerprint density at radius 1 is 0.889 bits per heavy atom. The van der Waals surface area contributed by atoms with Crippen molar-refractivity contribution in [3.8, 4) is 5.75 Å². The molecule has 0 fully saturated rings. The van der Waals surface area contributed by atoms with E-state index in [-0.39, 0.29) is 11.8 Å². The minimum absolute atomic E-state index is 0.0458. The summed E-state index contributed by atoms with van der Waals surface area (Å²) in [7, 11) is 0. The first kappa shape index (κ1) is 27.0. The zero-order chi connectivity index (χ0) is 25.8. The van der Waals surface area contributed by atoms with Gasteiger partial charge in [-0.1, -0.05) is 86.6 Å². The third-order valence-electron chi connectivity index (χ3n) is 6.10. The van der Waals surface area contributed by atoms with Crippen molar-refractivity contribution in [1.29, 1.82) is 0 Å². The first-order valence-corrected chi connectivity index (χ1v) is 12.8. The smallest absolute Gasteiger partial charge is 0.243 e. The molecule has 0 unspecified atom stereocenters. The highest BCUT2D eigenvalue weighted by Gasteiger charge is 2.30. The summed E-state index contributed by atoms with van der Waals surface area (Å²) in [5.74, 6) is 0.948. The fourth-order valence-electron chi connectivity index (χ4n) is 4.02. The number of nitrogens with zero attached hydrogens (tertiary/aromatic N) is 1. The van der Waals surface area contributed by atoms with Gasteiger partial charge in [0.1, 0.15) is 11.8 Å². The van der Waals surface area contributed by atoms with Gasteiger partial charge in [-0.15, -0.1) is 0 Å². The normalized spacial score (nSPS) is 11.7. The van der Waals surface area contributed by atoms with Crippen LogP contribution in [0.15, 0.2) is 84.9 Å². The third kappa shape index (κ3) is 8.56. The molecule has 0 heterocycles. The molecular formula is C31H38N2O3. The molecule has 5 heteroatoms. The topological polar surface area (TPSA) is 58.6 Å². The van der Waals surface area contributed by atoms with Gasteiger partial charge in [-0.25, -0.2) is 0 Å². The number of carbonyl (C=O) groups is 2. The molecule has 36 heavy (non-hydrogen) atoms. The SMILES string of the molecule is Cc1ccccc1CN(C(=O)CCCOc1ccccc1)[C@@H](Cc1ccccc1)C(=O)NCC(C)C. The summed E-state index contributed by atoms with van der Waals surface area (Å²) in [5, 5.41) is 3.07. The summed E-state index contributed by atoms with van der Waals surface area (Å²) < 4.78 is 5.79. The van der Waals surface area contributed by atoms with E-state index in [1.165, 1.54) is 0 Å². The van der Waals surface area contributed by atoms with Crippen molar-refractivity contribution >= 4 is 11.8 Å². The van der Waals surface area contributed by atoms with Crippen LogP contribution in [-0.2, 0) is 22.6 Å². The maximum absolute atomic E-state index is 13.6. The molecule has 0 spiro atoms. The van der Waals surface area contributed by atoms with Crippen molar-refractivity contribution in [3.63, 3.8) is 0 Å². The highest BCUT2D eigenvalue weighted by atomic mass is 16.5. The van der Waals surface area contributed by atoms with E-state index in [0.29, 0.717) is 44.9 Å². The molecule has 3 aromatic carbocycles. The van der Waals surface area contributed by atoms with Gasteiger partial charge >= 0.3 is 0 Å². The molecule has 0 aliphatic heterocycles. The van der Waals surface area contributed by atoms with Crippen molar-refractivity contribution in [2.45, 2.75) is 52.6 Å². The molecule has 0 saturated heterocycles. The molecule has 0 bridgehead atoms. The Labute approximate surface area is 215 Å². The second kappa shape index (κ2) is 14.1. The van der Waals surface area contributed by atoms with Gasteiger partial charge in [-0.2, -0.15) is 0 Å². The average molecular weight is 487 g/mol. The van der Waals surface area contributed by atoms with Gasteiger partial charge in [0.15, 0.2) is 0 Å². The molecule has 190 valence electrons. The Hall–Kier alpha value is -3.60. The van der Waals surface area contributed by atoms with E-state index in [1.54, 1.807) is 4.90 Å². The predicted molar refractivity (Wildman–Crippen MR) is 145 cm³/mol. The van der Waals surface area contributed by atoms with E-state index < -0.39 is 6.04 Å². The average Bonchev–Trinajstić information content (AvgIpc) is 2.89. The van der Waals surface area contributed by atoms with Gasteiger partial charge in [-0.05, 0) is 48.1 Å². The minimum atomic E-state index is -0.603. The van der Waals surface area contributed by atoms with Crippen LogP contribution in [0.5, 0.6) is 5.75 Å². The lowest BCUT2D eigenvalue weighted by molar-refractivity contribution is -0.141. The highest BCUT2D eigenvalue weighted by Crippen LogP contribution is 2.19. The Kier molecular flexibility index (Phi) is 10.6. The summed E-state index contributed by atoms with van der Waals surface area (Å²) in [6.07, 6.45) is 1.34. The number of para-hydroxylation sites is 1. The summed E-state index contributed by atoms with van der Waals surface area (Å²) in [6, 6.07) is 26.9. The van der Waals surface area contributed by atoms with Gasteiger partial charge in [0, 0.05) is 25.9 Å². The molecule has 5 nitrogen and oxygen atoms in total. The summed E-state index contributed by atoms with van der Waals surface area (Å²) in [6.45, 7) is 7.57. The molecule has 1 atom stereocenters. The Morgan fingerprint density at radius 2 is 1.53 bits per heavy atom. The maximum atomic E-state index is 13.6. The van der Waals surface area contributed by atoms with Crippen molar-refractivity contribution in [1.82, 2.24) is 10.2 Å². The van der Waals surface area contributed by atoms with Gasteiger partial charge < -0.3 is 15.0 Å². The van der Waals surface area contributed by atoms with Crippen LogP contribution in [-0.4, -0.2) is 35.9 Å². The van der Waals surface area contributed by atoms with Crippen LogP contribution in [0.2, 0.25) is 0 Å². The van der Waals surface area contributed by atoms with E-state index in [9.17, 15) is 9.59 Å². The molecule has 1 N–H and O–H groups in total. The lowest BCUT2D eigenvalue weighted by Crippen LogP contribution is -2.51. The van der Waals surface area contributed by atoms with Gasteiger partial charge in [-0.3, -0.25) is 9.59 Å². The second-order valence-electron chi connectivity index (χ2n) is 9.56. The summed E-state index contributed by atoms with van der Waals surface area (Å²) in [4.78, 5) is 28.9. The number of aryl methyl sites for hydroxylation is 1. The molecule has 0 saturated carbocycles. The standard InChI is InChI=1S/C31H38N2O3/c1-24(2)22-32-31(35)29(21-26-14-6-4-7-15-26)33(23-27-16-11-10-13-25(27)3)30(34)19-12-20-36-28-17-8-5-9-18-28/h4-11,13-18,24,29H,12,19-23H2,1-3H3,(H,32,35)/t29-/m0/s1. The Balaban J connectivity index is 1.80. The number of benzene rings is 3. The largest absolute Gasteiger partial charge is 0.494 e. The van der Waals surface area contributed by atoms with Crippen LogP contribution >= 0.6 is 0 Å². The second-order valence-corrected chi connectivity index (χ2v) is 9.56.